The Hall–Kier alpha value is -8.10. The molecule has 0 saturated carbocycles. The summed E-state index contributed by atoms with van der Waals surface area (Å²) in [6.07, 6.45) is 8.80. The average Bonchev–Trinajstić information content (AvgIpc) is 3.63. The highest BCUT2D eigenvalue weighted by atomic mass is 28.3. The highest BCUT2D eigenvalue weighted by Gasteiger charge is 2.41. The second-order valence-corrected chi connectivity index (χ2v) is 23.3. The first-order chi connectivity index (χ1) is 34.2. The Morgan fingerprint density at radius 2 is 0.586 bits per heavy atom. The van der Waals surface area contributed by atoms with Crippen molar-refractivity contribution in [3.05, 3.63) is 287 Å². The second kappa shape index (κ2) is 18.8. The van der Waals surface area contributed by atoms with Crippen molar-refractivity contribution in [3.8, 4) is 44.5 Å². The van der Waals surface area contributed by atoms with E-state index in [0.29, 0.717) is 0 Å². The molecular formula is C69H56Si. The molecule has 0 nitrogen and oxygen atoms in total. The molecule has 1 heteroatoms. The van der Waals surface area contributed by atoms with Gasteiger partial charge in [0.2, 0.25) is 0 Å². The smallest absolute Gasteiger partial charge is 0.0623 e. The molecule has 11 rings (SSSR count). The molecule has 0 aliphatic heterocycles. The lowest BCUT2D eigenvalue weighted by atomic mass is 9.81. The molecule has 1 aliphatic rings. The first-order valence-electron chi connectivity index (χ1n) is 24.5. The summed E-state index contributed by atoms with van der Waals surface area (Å²) >= 11 is 0. The molecule has 336 valence electrons. The van der Waals surface area contributed by atoms with Crippen LogP contribution in [0.25, 0.3) is 68.8 Å². The van der Waals surface area contributed by atoms with Gasteiger partial charge in [-0.1, -0.05) is 286 Å². The largest absolute Gasteiger partial charge is 0.179 e. The van der Waals surface area contributed by atoms with Crippen LogP contribution in [0.4, 0.5) is 0 Å². The van der Waals surface area contributed by atoms with Gasteiger partial charge in [-0.2, -0.15) is 0 Å². The fraction of sp³-hybridized carbons (Fsp3) is 0.0725. The predicted octanol–water partition coefficient (Wildman–Crippen LogP) is 15.3. The van der Waals surface area contributed by atoms with E-state index in [2.05, 4.69) is 295 Å². The Morgan fingerprint density at radius 1 is 0.286 bits per heavy atom. The highest BCUT2D eigenvalue weighted by Crippen LogP contribution is 2.50. The fourth-order valence-electron chi connectivity index (χ4n) is 10.7. The summed E-state index contributed by atoms with van der Waals surface area (Å²) in [4.78, 5) is 0. The molecule has 0 saturated heterocycles. The fourth-order valence-corrected chi connectivity index (χ4v) is 15.4. The highest BCUT2D eigenvalue weighted by molar-refractivity contribution is 7.19. The number of hydrogen-bond acceptors (Lipinski definition) is 0. The summed E-state index contributed by atoms with van der Waals surface area (Å²) in [7, 11) is -2.57. The van der Waals surface area contributed by atoms with Crippen LogP contribution in [0.2, 0.25) is 0 Å². The molecule has 0 atom stereocenters. The van der Waals surface area contributed by atoms with Crippen molar-refractivity contribution < 1.29 is 0 Å². The maximum atomic E-state index is 2.40. The molecule has 10 aromatic carbocycles. The number of rotatable bonds is 11. The van der Waals surface area contributed by atoms with Crippen LogP contribution < -0.4 is 20.7 Å². The van der Waals surface area contributed by atoms with E-state index in [1.165, 1.54) is 110 Å². The third-order valence-electron chi connectivity index (χ3n) is 14.6. The van der Waals surface area contributed by atoms with Crippen molar-refractivity contribution >= 4 is 53.1 Å². The first-order valence-corrected chi connectivity index (χ1v) is 26.5. The molecule has 0 spiro atoms. The first kappa shape index (κ1) is 44.4. The van der Waals surface area contributed by atoms with E-state index in [-0.39, 0.29) is 5.41 Å². The van der Waals surface area contributed by atoms with Gasteiger partial charge in [0.25, 0.3) is 0 Å². The molecule has 0 bridgehead atoms. The lowest BCUT2D eigenvalue weighted by Gasteiger charge is -2.34. The van der Waals surface area contributed by atoms with E-state index in [0.717, 1.165) is 0 Å². The van der Waals surface area contributed by atoms with Crippen LogP contribution in [-0.4, -0.2) is 8.07 Å². The van der Waals surface area contributed by atoms with Crippen LogP contribution in [0, 0.1) is 13.8 Å². The van der Waals surface area contributed by atoms with Gasteiger partial charge in [-0.15, -0.1) is 0 Å². The van der Waals surface area contributed by atoms with Crippen molar-refractivity contribution in [2.24, 2.45) is 0 Å². The van der Waals surface area contributed by atoms with Crippen molar-refractivity contribution in [1.82, 2.24) is 0 Å². The van der Waals surface area contributed by atoms with Crippen LogP contribution in [0.1, 0.15) is 58.4 Å². The van der Waals surface area contributed by atoms with Gasteiger partial charge in [0, 0.05) is 5.41 Å². The third-order valence-corrected chi connectivity index (χ3v) is 19.4. The zero-order valence-corrected chi connectivity index (χ0v) is 41.4. The quantitative estimate of drug-likeness (QED) is 0.0689. The van der Waals surface area contributed by atoms with Gasteiger partial charge >= 0.3 is 0 Å². The molecule has 0 heterocycles. The van der Waals surface area contributed by atoms with Gasteiger partial charge in [-0.25, -0.2) is 0 Å². The zero-order valence-electron chi connectivity index (χ0n) is 40.4. The lowest BCUT2D eigenvalue weighted by Crippen LogP contribution is -2.74. The van der Waals surface area contributed by atoms with Crippen LogP contribution in [0.3, 0.4) is 0 Å². The van der Waals surface area contributed by atoms with Gasteiger partial charge in [0.15, 0.2) is 8.07 Å². The molecule has 0 amide bonds. The monoisotopic (exact) mass is 912 g/mol. The van der Waals surface area contributed by atoms with E-state index >= 15 is 0 Å². The van der Waals surface area contributed by atoms with E-state index in [4.69, 9.17) is 0 Å². The minimum absolute atomic E-state index is 0.00893. The molecule has 0 unspecified atom stereocenters. The van der Waals surface area contributed by atoms with Crippen molar-refractivity contribution in [3.63, 3.8) is 0 Å². The average molecular weight is 913 g/mol. The Balaban J connectivity index is 0.734. The molecular weight excluding hydrogens is 857 g/mol. The standard InChI is InChI=1S/C69H56Si/c1-49-15-41-63(42-16-49)70(61-11-7-5-8-12-61,62-13-9-6-10-14-62)64-43-38-58(39-44-64)57-34-26-53(27-35-57)19-18-51-22-30-55(31-23-51)56-32-24-52(25-33-56)20-21-54-28-36-59(37-29-54)60-40-46-66-65-45-17-50(2)47-67(65)69(3,4)68(66)48-60/h5-48H,1-4H3/b19-18+,21-20+. The van der Waals surface area contributed by atoms with Crippen LogP contribution in [0.15, 0.2) is 243 Å². The summed E-state index contributed by atoms with van der Waals surface area (Å²) in [6, 6.07) is 90.2. The summed E-state index contributed by atoms with van der Waals surface area (Å²) in [6.45, 7) is 9.06. The zero-order chi connectivity index (χ0) is 47.7. The second-order valence-electron chi connectivity index (χ2n) is 19.5. The maximum absolute atomic E-state index is 2.57. The normalized spacial score (nSPS) is 12.9. The minimum atomic E-state index is -2.57. The Bertz CT molecular complexity index is 3450. The van der Waals surface area contributed by atoms with Crippen molar-refractivity contribution in [2.45, 2.75) is 33.1 Å². The SMILES string of the molecule is Cc1ccc([Si](c2ccccc2)(c2ccccc2)c2ccc(-c3ccc(/C=C/c4ccc(-c5ccc(/C=C/c6ccc(-c7ccc8c(c7)C(C)(C)c7cc(C)ccc7-8)cc6)cc5)cc4)cc3)cc2)cc1. The molecule has 0 fully saturated rings. The lowest BCUT2D eigenvalue weighted by molar-refractivity contribution is 0.660. The third kappa shape index (κ3) is 8.55. The van der Waals surface area contributed by atoms with Crippen LogP contribution in [0.5, 0.6) is 0 Å². The number of hydrogen-bond donors (Lipinski definition) is 0. The van der Waals surface area contributed by atoms with E-state index < -0.39 is 8.07 Å². The Labute approximate surface area is 415 Å². The van der Waals surface area contributed by atoms with E-state index in [9.17, 15) is 0 Å². The van der Waals surface area contributed by atoms with Gasteiger partial charge in [0.1, 0.15) is 0 Å². The summed E-state index contributed by atoms with van der Waals surface area (Å²) in [5.74, 6) is 0. The summed E-state index contributed by atoms with van der Waals surface area (Å²) in [5, 5.41) is 5.54. The van der Waals surface area contributed by atoms with E-state index in [1.54, 1.807) is 0 Å². The molecule has 0 radical (unpaired) electrons. The summed E-state index contributed by atoms with van der Waals surface area (Å²) in [5.41, 5.74) is 20.2. The van der Waals surface area contributed by atoms with Crippen molar-refractivity contribution in [2.75, 3.05) is 0 Å². The van der Waals surface area contributed by atoms with Gasteiger partial charge in [0.05, 0.1) is 0 Å². The van der Waals surface area contributed by atoms with Crippen LogP contribution in [-0.2, 0) is 5.41 Å². The molecule has 0 N–H and O–H groups in total. The maximum Gasteiger partial charge on any atom is 0.179 e. The molecule has 1 aliphatic carbocycles. The van der Waals surface area contributed by atoms with Crippen molar-refractivity contribution in [1.29, 1.82) is 0 Å². The van der Waals surface area contributed by atoms with E-state index in [1.807, 2.05) is 0 Å². The number of aryl methyl sites for hydroxylation is 2. The van der Waals surface area contributed by atoms with Crippen LogP contribution >= 0.6 is 0 Å². The summed E-state index contributed by atoms with van der Waals surface area (Å²) < 4.78 is 0. The van der Waals surface area contributed by atoms with Gasteiger partial charge in [-0.3, -0.25) is 0 Å². The number of benzene rings is 10. The molecule has 70 heavy (non-hydrogen) atoms. The molecule has 0 aromatic heterocycles. The predicted molar refractivity (Wildman–Crippen MR) is 304 cm³/mol. The van der Waals surface area contributed by atoms with Gasteiger partial charge < -0.3 is 0 Å². The molecule has 10 aromatic rings. The Morgan fingerprint density at radius 3 is 1.00 bits per heavy atom. The van der Waals surface area contributed by atoms with Gasteiger partial charge in [-0.05, 0) is 119 Å². The Kier molecular flexibility index (Phi) is 11.9. The topological polar surface area (TPSA) is 0 Å². The minimum Gasteiger partial charge on any atom is -0.0623 e. The number of fused-ring (bicyclic) bond motifs is 3.